The number of carbonyl (C=O) groups is 2. The van der Waals surface area contributed by atoms with Crippen LogP contribution in [-0.2, 0) is 4.79 Å². The minimum atomic E-state index is -1.04. The number of ether oxygens (including phenoxy) is 2. The van der Waals surface area contributed by atoms with E-state index in [9.17, 15) is 9.59 Å². The number of amides is 1. The third kappa shape index (κ3) is 4.60. The maximum atomic E-state index is 12.7. The van der Waals surface area contributed by atoms with Crippen LogP contribution in [0, 0.1) is 0 Å². The van der Waals surface area contributed by atoms with E-state index in [0.29, 0.717) is 44.5 Å². The maximum Gasteiger partial charge on any atom is 0.335 e. The number of halogens is 1. The van der Waals surface area contributed by atoms with Gasteiger partial charge in [-0.05, 0) is 54.6 Å². The highest BCUT2D eigenvalue weighted by molar-refractivity contribution is 8.18. The lowest BCUT2D eigenvalue weighted by atomic mass is 10.1. The van der Waals surface area contributed by atoms with Gasteiger partial charge >= 0.3 is 5.97 Å². The average Bonchev–Trinajstić information content (AvgIpc) is 2.98. The van der Waals surface area contributed by atoms with Gasteiger partial charge in [0.25, 0.3) is 5.91 Å². The maximum absolute atomic E-state index is 12.7. The molecule has 1 aliphatic rings. The van der Waals surface area contributed by atoms with Gasteiger partial charge in [0.1, 0.15) is 0 Å². The Hall–Kier alpha value is -2.97. The SMILES string of the molecule is CCOc1cc(Cl)c(C=C2SC(=Nc3cccc(C(=O)O)c3)N(C)C2=O)cc1OC. The number of likely N-dealkylation sites (N-methyl/N-ethyl adjacent to an activating group) is 1. The first kappa shape index (κ1) is 21.7. The number of carboxylic acids is 1. The number of benzene rings is 2. The Kier molecular flexibility index (Phi) is 6.69. The fraction of sp³-hybridized carbons (Fsp3) is 0.190. The van der Waals surface area contributed by atoms with E-state index in [-0.39, 0.29) is 11.5 Å². The smallest absolute Gasteiger partial charge is 0.335 e. The third-order valence-electron chi connectivity index (χ3n) is 4.19. The van der Waals surface area contributed by atoms with Crippen LogP contribution in [0.25, 0.3) is 6.08 Å². The first-order valence-corrected chi connectivity index (χ1v) is 10.1. The Balaban J connectivity index is 1.94. The number of carbonyl (C=O) groups excluding carboxylic acids is 1. The average molecular weight is 447 g/mol. The molecule has 0 bridgehead atoms. The van der Waals surface area contributed by atoms with E-state index in [1.807, 2.05) is 6.92 Å². The molecule has 0 saturated carbocycles. The van der Waals surface area contributed by atoms with E-state index < -0.39 is 5.97 Å². The minimum Gasteiger partial charge on any atom is -0.493 e. The van der Waals surface area contributed by atoms with Crippen molar-refractivity contribution < 1.29 is 24.2 Å². The molecule has 1 N–H and O–H groups in total. The van der Waals surface area contributed by atoms with Gasteiger partial charge in [-0.3, -0.25) is 9.69 Å². The number of aliphatic imine (C=N–C) groups is 1. The zero-order valence-electron chi connectivity index (χ0n) is 16.5. The van der Waals surface area contributed by atoms with Crippen molar-refractivity contribution in [2.75, 3.05) is 20.8 Å². The summed E-state index contributed by atoms with van der Waals surface area (Å²) in [5.41, 5.74) is 1.17. The van der Waals surface area contributed by atoms with Crippen LogP contribution in [0.4, 0.5) is 5.69 Å². The van der Waals surface area contributed by atoms with Crippen molar-refractivity contribution in [3.8, 4) is 11.5 Å². The second-order valence-corrected chi connectivity index (χ2v) is 7.60. The minimum absolute atomic E-state index is 0.123. The second kappa shape index (κ2) is 9.23. The van der Waals surface area contributed by atoms with E-state index in [4.69, 9.17) is 26.2 Å². The van der Waals surface area contributed by atoms with Gasteiger partial charge in [0.15, 0.2) is 16.7 Å². The first-order valence-electron chi connectivity index (χ1n) is 8.94. The van der Waals surface area contributed by atoms with Crippen LogP contribution in [0.3, 0.4) is 0 Å². The molecule has 2 aromatic rings. The Morgan fingerprint density at radius 1 is 1.30 bits per heavy atom. The summed E-state index contributed by atoms with van der Waals surface area (Å²) in [4.78, 5) is 30.1. The highest BCUT2D eigenvalue weighted by Crippen LogP contribution is 2.38. The zero-order chi connectivity index (χ0) is 21.8. The predicted octanol–water partition coefficient (Wildman–Crippen LogP) is 4.68. The van der Waals surface area contributed by atoms with Crippen LogP contribution in [0.2, 0.25) is 5.02 Å². The van der Waals surface area contributed by atoms with Crippen molar-refractivity contribution in [2.45, 2.75) is 6.92 Å². The first-order chi connectivity index (χ1) is 14.3. The third-order valence-corrected chi connectivity index (χ3v) is 5.58. The van der Waals surface area contributed by atoms with E-state index in [2.05, 4.69) is 4.99 Å². The molecule has 0 aliphatic carbocycles. The van der Waals surface area contributed by atoms with Crippen LogP contribution in [0.1, 0.15) is 22.8 Å². The molecule has 30 heavy (non-hydrogen) atoms. The summed E-state index contributed by atoms with van der Waals surface area (Å²) < 4.78 is 10.9. The standard InChI is InChI=1S/C21H19ClN2O5S/c1-4-29-17-11-15(22)13(9-16(17)28-3)10-18-19(25)24(2)21(30-18)23-14-7-5-6-12(8-14)20(26)27/h5-11H,4H2,1-3H3,(H,26,27). The van der Waals surface area contributed by atoms with Crippen LogP contribution in [0.5, 0.6) is 11.5 Å². The molecular formula is C21H19ClN2O5S. The molecule has 0 aromatic heterocycles. The molecule has 0 radical (unpaired) electrons. The van der Waals surface area contributed by atoms with Crippen molar-refractivity contribution in [2.24, 2.45) is 4.99 Å². The Morgan fingerprint density at radius 3 is 2.73 bits per heavy atom. The van der Waals surface area contributed by atoms with Gasteiger partial charge in [0, 0.05) is 13.1 Å². The van der Waals surface area contributed by atoms with Crippen molar-refractivity contribution in [3.63, 3.8) is 0 Å². The highest BCUT2D eigenvalue weighted by atomic mass is 35.5. The van der Waals surface area contributed by atoms with Crippen molar-refractivity contribution >= 4 is 52.2 Å². The summed E-state index contributed by atoms with van der Waals surface area (Å²) in [6.07, 6.45) is 1.67. The van der Waals surface area contributed by atoms with Crippen molar-refractivity contribution in [3.05, 3.63) is 57.5 Å². The molecule has 1 saturated heterocycles. The van der Waals surface area contributed by atoms with Gasteiger partial charge in [-0.15, -0.1) is 0 Å². The molecule has 0 atom stereocenters. The van der Waals surface area contributed by atoms with Crippen molar-refractivity contribution in [1.29, 1.82) is 0 Å². The number of thioether (sulfide) groups is 1. The lowest BCUT2D eigenvalue weighted by molar-refractivity contribution is -0.121. The molecule has 1 aliphatic heterocycles. The summed E-state index contributed by atoms with van der Waals surface area (Å²) in [6, 6.07) is 9.57. The van der Waals surface area contributed by atoms with E-state index in [0.717, 1.165) is 0 Å². The lowest BCUT2D eigenvalue weighted by Crippen LogP contribution is -2.23. The van der Waals surface area contributed by atoms with Gasteiger partial charge in [0.05, 0.1) is 34.9 Å². The lowest BCUT2D eigenvalue weighted by Gasteiger charge is -2.11. The van der Waals surface area contributed by atoms with Crippen molar-refractivity contribution in [1.82, 2.24) is 4.90 Å². The number of rotatable bonds is 6. The molecule has 2 aromatic carbocycles. The van der Waals surface area contributed by atoms with E-state index in [1.54, 1.807) is 37.4 Å². The summed E-state index contributed by atoms with van der Waals surface area (Å²) in [7, 11) is 3.14. The Morgan fingerprint density at radius 2 is 2.07 bits per heavy atom. The molecule has 1 fully saturated rings. The highest BCUT2D eigenvalue weighted by Gasteiger charge is 2.30. The Bertz CT molecular complexity index is 1070. The molecular weight excluding hydrogens is 428 g/mol. The predicted molar refractivity (Wildman–Crippen MR) is 118 cm³/mol. The van der Waals surface area contributed by atoms with Crippen LogP contribution in [-0.4, -0.2) is 47.8 Å². The molecule has 1 heterocycles. The van der Waals surface area contributed by atoms with Crippen LogP contribution in [0.15, 0.2) is 46.3 Å². The van der Waals surface area contributed by atoms with Gasteiger partial charge in [0.2, 0.25) is 0 Å². The summed E-state index contributed by atoms with van der Waals surface area (Å²) in [5, 5.41) is 9.99. The number of hydrogen-bond acceptors (Lipinski definition) is 6. The van der Waals surface area contributed by atoms with E-state index in [1.165, 1.54) is 35.9 Å². The summed E-state index contributed by atoms with van der Waals surface area (Å²) in [6.45, 7) is 2.33. The van der Waals surface area contributed by atoms with E-state index >= 15 is 0 Å². The van der Waals surface area contributed by atoms with Gasteiger partial charge < -0.3 is 14.6 Å². The summed E-state index contributed by atoms with van der Waals surface area (Å²) >= 11 is 7.55. The molecule has 156 valence electrons. The summed E-state index contributed by atoms with van der Waals surface area (Å²) in [5.74, 6) is -0.246. The molecule has 3 rings (SSSR count). The molecule has 1 amide bonds. The molecule has 9 heteroatoms. The zero-order valence-corrected chi connectivity index (χ0v) is 18.1. The van der Waals surface area contributed by atoms with Gasteiger partial charge in [-0.25, -0.2) is 9.79 Å². The second-order valence-electron chi connectivity index (χ2n) is 6.18. The number of carboxylic acid groups (broad SMARTS) is 1. The molecule has 0 unspecified atom stereocenters. The molecule has 0 spiro atoms. The fourth-order valence-electron chi connectivity index (χ4n) is 2.70. The topological polar surface area (TPSA) is 88.4 Å². The van der Waals surface area contributed by atoms with Gasteiger partial charge in [-0.1, -0.05) is 17.7 Å². The van der Waals surface area contributed by atoms with Crippen LogP contribution >= 0.6 is 23.4 Å². The number of aromatic carboxylic acids is 1. The number of hydrogen-bond donors (Lipinski definition) is 1. The quantitative estimate of drug-likeness (QED) is 0.648. The number of amidine groups is 1. The van der Waals surface area contributed by atoms with Crippen LogP contribution < -0.4 is 9.47 Å². The number of nitrogens with zero attached hydrogens (tertiary/aromatic N) is 2. The fourth-order valence-corrected chi connectivity index (χ4v) is 3.89. The number of methoxy groups -OCH3 is 1. The normalized spacial score (nSPS) is 16.4. The Labute approximate surface area is 183 Å². The molecule has 7 nitrogen and oxygen atoms in total. The monoisotopic (exact) mass is 446 g/mol. The largest absolute Gasteiger partial charge is 0.493 e. The van der Waals surface area contributed by atoms with Gasteiger partial charge in [-0.2, -0.15) is 0 Å².